The number of hydrogen-bond acceptors (Lipinski definition) is 3. The number of carboxylic acids is 1. The first-order valence-corrected chi connectivity index (χ1v) is 4.61. The number of likely N-dealkylation sites (N-methyl/N-ethyl adjacent to an activating group) is 1. The van der Waals surface area contributed by atoms with Gasteiger partial charge in [-0.05, 0) is 0 Å². The van der Waals surface area contributed by atoms with Crippen LogP contribution in [0.3, 0.4) is 0 Å². The largest absolute Gasteiger partial charge is 0.477 e. The van der Waals surface area contributed by atoms with Crippen LogP contribution >= 0.6 is 0 Å². The first kappa shape index (κ1) is 12.2. The summed E-state index contributed by atoms with van der Waals surface area (Å²) in [4.78, 5) is 23.4. The molecule has 2 N–H and O–H groups in total. The number of halogens is 1. The summed E-state index contributed by atoms with van der Waals surface area (Å²) < 4.78 is 12.0. The van der Waals surface area contributed by atoms with E-state index in [1.54, 1.807) is 0 Å². The summed E-state index contributed by atoms with van der Waals surface area (Å²) in [7, 11) is 1.46. The summed E-state index contributed by atoms with van der Waals surface area (Å²) in [6, 6.07) is 0. The summed E-state index contributed by atoms with van der Waals surface area (Å²) in [5, 5.41) is 14.6. The lowest BCUT2D eigenvalue weighted by molar-refractivity contribution is -0.129. The molecule has 0 bridgehead atoms. The van der Waals surface area contributed by atoms with Crippen molar-refractivity contribution in [2.45, 2.75) is 6.42 Å². The molecule has 7 heteroatoms. The predicted octanol–water partition coefficient (Wildman–Crippen LogP) is 0.0783. The fourth-order valence-corrected chi connectivity index (χ4v) is 1.18. The maximum atomic E-state index is 12.0. The van der Waals surface area contributed by atoms with E-state index in [4.69, 9.17) is 5.11 Å². The van der Waals surface area contributed by atoms with Crippen molar-refractivity contribution in [3.05, 3.63) is 17.5 Å². The molecule has 6 nitrogen and oxygen atoms in total. The highest BCUT2D eigenvalue weighted by molar-refractivity contribution is 5.89. The highest BCUT2D eigenvalue weighted by atomic mass is 19.1. The number of rotatable bonds is 5. The molecule has 16 heavy (non-hydrogen) atoms. The quantitative estimate of drug-likeness (QED) is 0.748. The summed E-state index contributed by atoms with van der Waals surface area (Å²) in [6.45, 7) is -0.626. The molecule has 0 spiro atoms. The molecule has 88 valence electrons. The fraction of sp³-hybridized carbons (Fsp3) is 0.444. The number of hydrogen-bond donors (Lipinski definition) is 2. The standard InChI is InChI=1S/C9H12FN3O3/c1-13(3-2-10)7(14)4-6-5-11-12-8(6)9(15)16/h5H,2-4H2,1H3,(H,11,12)(H,15,16). The van der Waals surface area contributed by atoms with E-state index >= 15 is 0 Å². The van der Waals surface area contributed by atoms with Gasteiger partial charge in [0.2, 0.25) is 5.91 Å². The van der Waals surface area contributed by atoms with Crippen molar-refractivity contribution in [1.29, 1.82) is 0 Å². The van der Waals surface area contributed by atoms with Crippen LogP contribution in [-0.4, -0.2) is 52.3 Å². The van der Waals surface area contributed by atoms with Crippen LogP contribution in [-0.2, 0) is 11.2 Å². The van der Waals surface area contributed by atoms with Crippen LogP contribution in [0.25, 0.3) is 0 Å². The minimum absolute atomic E-state index is 0.000903. The minimum atomic E-state index is -1.17. The molecule has 1 aromatic heterocycles. The SMILES string of the molecule is CN(CCF)C(=O)Cc1cn[nH]c1C(=O)O. The number of carbonyl (C=O) groups is 2. The van der Waals surface area contributed by atoms with Crippen molar-refractivity contribution >= 4 is 11.9 Å². The van der Waals surface area contributed by atoms with E-state index in [0.717, 1.165) is 0 Å². The summed E-state index contributed by atoms with van der Waals surface area (Å²) in [6.07, 6.45) is 1.18. The normalized spacial score (nSPS) is 10.1. The van der Waals surface area contributed by atoms with Crippen LogP contribution in [0.1, 0.15) is 16.1 Å². The third-order valence-corrected chi connectivity index (χ3v) is 2.12. The van der Waals surface area contributed by atoms with E-state index in [1.807, 2.05) is 0 Å². The maximum Gasteiger partial charge on any atom is 0.354 e. The number of carbonyl (C=O) groups excluding carboxylic acids is 1. The Morgan fingerprint density at radius 2 is 2.31 bits per heavy atom. The number of aromatic amines is 1. The zero-order valence-electron chi connectivity index (χ0n) is 8.73. The fourth-order valence-electron chi connectivity index (χ4n) is 1.18. The Kier molecular flexibility index (Phi) is 3.98. The molecule has 0 unspecified atom stereocenters. The minimum Gasteiger partial charge on any atom is -0.477 e. The van der Waals surface area contributed by atoms with E-state index < -0.39 is 12.6 Å². The van der Waals surface area contributed by atoms with Crippen molar-refractivity contribution in [2.24, 2.45) is 0 Å². The van der Waals surface area contributed by atoms with E-state index in [0.29, 0.717) is 5.56 Å². The topological polar surface area (TPSA) is 86.3 Å². The molecule has 1 amide bonds. The van der Waals surface area contributed by atoms with Gasteiger partial charge in [0.1, 0.15) is 12.4 Å². The number of amides is 1. The number of carboxylic acid groups (broad SMARTS) is 1. The molecule has 0 aliphatic carbocycles. The molecule has 0 aliphatic heterocycles. The summed E-state index contributed by atoms with van der Waals surface area (Å²) in [5.41, 5.74) is 0.185. The van der Waals surface area contributed by atoms with Gasteiger partial charge in [-0.1, -0.05) is 0 Å². The lowest BCUT2D eigenvalue weighted by Crippen LogP contribution is -2.30. The van der Waals surface area contributed by atoms with Gasteiger partial charge in [0.25, 0.3) is 0 Å². The molecule has 0 atom stereocenters. The lowest BCUT2D eigenvalue weighted by Gasteiger charge is -2.14. The van der Waals surface area contributed by atoms with Crippen molar-refractivity contribution in [3.63, 3.8) is 0 Å². The zero-order chi connectivity index (χ0) is 12.1. The van der Waals surface area contributed by atoms with Gasteiger partial charge in [0.15, 0.2) is 0 Å². The molecule has 0 aromatic carbocycles. The summed E-state index contributed by atoms with van der Waals surface area (Å²) in [5.74, 6) is -1.52. The number of alkyl halides is 1. The molecule has 0 radical (unpaired) electrons. The highest BCUT2D eigenvalue weighted by Gasteiger charge is 2.17. The number of aromatic carboxylic acids is 1. The molecule has 0 saturated carbocycles. The van der Waals surface area contributed by atoms with Gasteiger partial charge in [-0.2, -0.15) is 5.10 Å². The zero-order valence-corrected chi connectivity index (χ0v) is 8.73. The molecule has 0 saturated heterocycles. The van der Waals surface area contributed by atoms with E-state index in [9.17, 15) is 14.0 Å². The maximum absolute atomic E-state index is 12.0. The number of H-pyrrole nitrogens is 1. The van der Waals surface area contributed by atoms with Gasteiger partial charge < -0.3 is 10.0 Å². The monoisotopic (exact) mass is 229 g/mol. The third-order valence-electron chi connectivity index (χ3n) is 2.12. The van der Waals surface area contributed by atoms with Crippen LogP contribution in [0.5, 0.6) is 0 Å². The molecule has 1 aromatic rings. The number of nitrogens with one attached hydrogen (secondary N) is 1. The second kappa shape index (κ2) is 5.24. The molecule has 0 fully saturated rings. The Labute approximate surface area is 91.1 Å². The Morgan fingerprint density at radius 3 is 2.88 bits per heavy atom. The van der Waals surface area contributed by atoms with Crippen LogP contribution in [0, 0.1) is 0 Å². The summed E-state index contributed by atoms with van der Waals surface area (Å²) >= 11 is 0. The Balaban J connectivity index is 2.69. The Bertz CT molecular complexity index is 391. The highest BCUT2D eigenvalue weighted by Crippen LogP contribution is 2.06. The van der Waals surface area contributed by atoms with Crippen LogP contribution < -0.4 is 0 Å². The molecular formula is C9H12FN3O3. The number of nitrogens with zero attached hydrogens (tertiary/aromatic N) is 2. The van der Waals surface area contributed by atoms with Crippen molar-refractivity contribution in [3.8, 4) is 0 Å². The molecule has 1 heterocycles. The first-order chi connectivity index (χ1) is 7.56. The van der Waals surface area contributed by atoms with Gasteiger partial charge in [-0.15, -0.1) is 0 Å². The predicted molar refractivity (Wildman–Crippen MR) is 52.9 cm³/mol. The van der Waals surface area contributed by atoms with Crippen LogP contribution in [0.2, 0.25) is 0 Å². The average Bonchev–Trinajstić information content (AvgIpc) is 2.66. The number of aromatic nitrogens is 2. The van der Waals surface area contributed by atoms with E-state index in [1.165, 1.54) is 18.1 Å². The van der Waals surface area contributed by atoms with Crippen LogP contribution in [0.15, 0.2) is 6.20 Å². The Hall–Kier alpha value is -1.92. The van der Waals surface area contributed by atoms with Crippen LogP contribution in [0.4, 0.5) is 4.39 Å². The van der Waals surface area contributed by atoms with Gasteiger partial charge in [0, 0.05) is 19.2 Å². The molecule has 0 aliphatic rings. The van der Waals surface area contributed by atoms with Gasteiger partial charge >= 0.3 is 5.97 Å². The van der Waals surface area contributed by atoms with E-state index in [-0.39, 0.29) is 24.6 Å². The smallest absolute Gasteiger partial charge is 0.354 e. The van der Waals surface area contributed by atoms with Crippen molar-refractivity contribution < 1.29 is 19.1 Å². The molecular weight excluding hydrogens is 217 g/mol. The second-order valence-corrected chi connectivity index (χ2v) is 3.26. The third kappa shape index (κ3) is 2.78. The van der Waals surface area contributed by atoms with E-state index in [2.05, 4.69) is 10.2 Å². The average molecular weight is 229 g/mol. The van der Waals surface area contributed by atoms with Gasteiger partial charge in [-0.3, -0.25) is 9.89 Å². The van der Waals surface area contributed by atoms with Gasteiger partial charge in [-0.25, -0.2) is 9.18 Å². The molecule has 1 rings (SSSR count). The Morgan fingerprint density at radius 1 is 1.62 bits per heavy atom. The van der Waals surface area contributed by atoms with Crippen molar-refractivity contribution in [2.75, 3.05) is 20.3 Å². The van der Waals surface area contributed by atoms with Gasteiger partial charge in [0.05, 0.1) is 12.6 Å². The second-order valence-electron chi connectivity index (χ2n) is 3.26. The van der Waals surface area contributed by atoms with Crippen molar-refractivity contribution in [1.82, 2.24) is 15.1 Å². The first-order valence-electron chi connectivity index (χ1n) is 4.61. The lowest BCUT2D eigenvalue weighted by atomic mass is 10.1.